The molecule has 0 aromatic heterocycles. The van der Waals surface area contributed by atoms with Crippen molar-refractivity contribution in [1.29, 1.82) is 0 Å². The Morgan fingerprint density at radius 2 is 2.06 bits per heavy atom. The molecule has 96 valence electrons. The van der Waals surface area contributed by atoms with Gasteiger partial charge in [-0.05, 0) is 46.2 Å². The van der Waals surface area contributed by atoms with Gasteiger partial charge >= 0.3 is 0 Å². The fourth-order valence-electron chi connectivity index (χ4n) is 2.49. The number of hydrogen-bond acceptors (Lipinski definition) is 2. The first kappa shape index (κ1) is 14.0. The van der Waals surface area contributed by atoms with E-state index in [4.69, 9.17) is 0 Å². The summed E-state index contributed by atoms with van der Waals surface area (Å²) in [6, 6.07) is 1.44. The van der Waals surface area contributed by atoms with Gasteiger partial charge in [0.2, 0.25) is 0 Å². The smallest absolute Gasteiger partial charge is 0.0195 e. The summed E-state index contributed by atoms with van der Waals surface area (Å²) < 4.78 is 0. The van der Waals surface area contributed by atoms with Crippen LogP contribution in [0.5, 0.6) is 0 Å². The fourth-order valence-corrected chi connectivity index (χ4v) is 2.49. The molecule has 2 heteroatoms. The van der Waals surface area contributed by atoms with Crippen LogP contribution >= 0.6 is 0 Å². The molecule has 1 saturated heterocycles. The zero-order chi connectivity index (χ0) is 11.8. The average Bonchev–Trinajstić information content (AvgIpc) is 2.29. The molecule has 16 heavy (non-hydrogen) atoms. The van der Waals surface area contributed by atoms with E-state index in [0.29, 0.717) is 6.04 Å². The lowest BCUT2D eigenvalue weighted by atomic mass is 10.0. The van der Waals surface area contributed by atoms with E-state index >= 15 is 0 Å². The van der Waals surface area contributed by atoms with E-state index in [-0.39, 0.29) is 0 Å². The zero-order valence-electron chi connectivity index (χ0n) is 11.5. The van der Waals surface area contributed by atoms with Crippen LogP contribution < -0.4 is 5.32 Å². The molecule has 2 nitrogen and oxygen atoms in total. The summed E-state index contributed by atoms with van der Waals surface area (Å²) in [7, 11) is 0. The Bertz CT molecular complexity index is 162. The number of hydrogen-bond donors (Lipinski definition) is 1. The minimum atomic E-state index is 0.695. The lowest BCUT2D eigenvalue weighted by Gasteiger charge is -2.33. The zero-order valence-corrected chi connectivity index (χ0v) is 11.5. The van der Waals surface area contributed by atoms with Gasteiger partial charge in [0, 0.05) is 18.6 Å². The number of nitrogens with zero attached hydrogens (tertiary/aromatic N) is 1. The van der Waals surface area contributed by atoms with Crippen LogP contribution in [0.3, 0.4) is 0 Å². The molecule has 1 N–H and O–H groups in total. The Labute approximate surface area is 102 Å². The van der Waals surface area contributed by atoms with Crippen LogP contribution in [0.25, 0.3) is 0 Å². The summed E-state index contributed by atoms with van der Waals surface area (Å²) in [5, 5.41) is 3.65. The molecule has 1 fully saturated rings. The number of piperidine rings is 1. The van der Waals surface area contributed by atoms with E-state index in [1.807, 2.05) is 0 Å². The Morgan fingerprint density at radius 1 is 1.25 bits per heavy atom. The lowest BCUT2D eigenvalue weighted by molar-refractivity contribution is 0.182. The maximum absolute atomic E-state index is 3.65. The monoisotopic (exact) mass is 226 g/mol. The van der Waals surface area contributed by atoms with E-state index in [1.165, 1.54) is 58.2 Å². The van der Waals surface area contributed by atoms with Crippen molar-refractivity contribution in [3.05, 3.63) is 0 Å². The molecule has 0 aromatic carbocycles. The Hall–Kier alpha value is -0.0800. The van der Waals surface area contributed by atoms with Crippen LogP contribution in [-0.4, -0.2) is 36.6 Å². The topological polar surface area (TPSA) is 15.3 Å². The van der Waals surface area contributed by atoms with Gasteiger partial charge in [0.25, 0.3) is 0 Å². The van der Waals surface area contributed by atoms with Crippen LogP contribution in [0.2, 0.25) is 0 Å². The second kappa shape index (κ2) is 8.08. The van der Waals surface area contributed by atoms with Gasteiger partial charge in [0.15, 0.2) is 0 Å². The fraction of sp³-hybridized carbons (Fsp3) is 1.00. The van der Waals surface area contributed by atoms with E-state index in [2.05, 4.69) is 31.0 Å². The van der Waals surface area contributed by atoms with Crippen LogP contribution in [0.4, 0.5) is 0 Å². The summed E-state index contributed by atoms with van der Waals surface area (Å²) in [4.78, 5) is 2.65. The molecule has 1 unspecified atom stereocenters. The van der Waals surface area contributed by atoms with Crippen molar-refractivity contribution in [3.63, 3.8) is 0 Å². The highest BCUT2D eigenvalue weighted by Crippen LogP contribution is 2.11. The first-order valence-corrected chi connectivity index (χ1v) is 7.21. The number of rotatable bonds is 7. The number of nitrogens with one attached hydrogen (secondary N) is 1. The molecule has 0 radical (unpaired) electrons. The molecule has 1 heterocycles. The minimum absolute atomic E-state index is 0.695. The van der Waals surface area contributed by atoms with E-state index in [9.17, 15) is 0 Å². The van der Waals surface area contributed by atoms with Crippen molar-refractivity contribution in [2.24, 2.45) is 0 Å². The van der Waals surface area contributed by atoms with Gasteiger partial charge in [0.05, 0.1) is 0 Å². The maximum Gasteiger partial charge on any atom is 0.0195 e. The second-order valence-corrected chi connectivity index (χ2v) is 5.44. The molecule has 1 rings (SSSR count). The van der Waals surface area contributed by atoms with Crippen LogP contribution in [0, 0.1) is 0 Å². The molecular formula is C14H30N2. The quantitative estimate of drug-likeness (QED) is 0.671. The molecule has 0 spiro atoms. The molecule has 0 aromatic rings. The first-order chi connectivity index (χ1) is 7.74. The summed E-state index contributed by atoms with van der Waals surface area (Å²) in [5.74, 6) is 0. The van der Waals surface area contributed by atoms with E-state index < -0.39 is 0 Å². The van der Waals surface area contributed by atoms with Crippen molar-refractivity contribution in [3.8, 4) is 0 Å². The third kappa shape index (κ3) is 5.31. The summed E-state index contributed by atoms with van der Waals surface area (Å²) in [5.41, 5.74) is 0. The SMILES string of the molecule is CCCCCN(CC1CCCCN1)C(C)C. The van der Waals surface area contributed by atoms with Gasteiger partial charge < -0.3 is 5.32 Å². The van der Waals surface area contributed by atoms with E-state index in [1.54, 1.807) is 0 Å². The predicted octanol–water partition coefficient (Wildman–Crippen LogP) is 3.03. The van der Waals surface area contributed by atoms with Gasteiger partial charge in [-0.1, -0.05) is 26.2 Å². The van der Waals surface area contributed by atoms with E-state index in [0.717, 1.165) is 6.04 Å². The average molecular weight is 226 g/mol. The van der Waals surface area contributed by atoms with Crippen LogP contribution in [-0.2, 0) is 0 Å². The molecule has 1 aliphatic heterocycles. The van der Waals surface area contributed by atoms with Gasteiger partial charge in [-0.15, -0.1) is 0 Å². The van der Waals surface area contributed by atoms with Crippen molar-refractivity contribution >= 4 is 0 Å². The Balaban J connectivity index is 2.25. The molecule has 0 amide bonds. The molecule has 1 atom stereocenters. The lowest BCUT2D eigenvalue weighted by Crippen LogP contribution is -2.46. The highest BCUT2D eigenvalue weighted by Gasteiger charge is 2.17. The molecule has 1 aliphatic rings. The van der Waals surface area contributed by atoms with Gasteiger partial charge in [0.1, 0.15) is 0 Å². The second-order valence-electron chi connectivity index (χ2n) is 5.44. The molecule has 0 bridgehead atoms. The highest BCUT2D eigenvalue weighted by molar-refractivity contribution is 4.77. The number of unbranched alkanes of at least 4 members (excludes halogenated alkanes) is 2. The highest BCUT2D eigenvalue weighted by atomic mass is 15.2. The van der Waals surface area contributed by atoms with Crippen molar-refractivity contribution < 1.29 is 0 Å². The van der Waals surface area contributed by atoms with Crippen molar-refractivity contribution in [2.45, 2.75) is 71.4 Å². The summed E-state index contributed by atoms with van der Waals surface area (Å²) in [6.07, 6.45) is 8.22. The Kier molecular flexibility index (Phi) is 7.06. The third-order valence-corrected chi connectivity index (χ3v) is 3.65. The Morgan fingerprint density at radius 3 is 2.62 bits per heavy atom. The van der Waals surface area contributed by atoms with Crippen LogP contribution in [0.1, 0.15) is 59.3 Å². The normalized spacial score (nSPS) is 21.9. The maximum atomic E-state index is 3.65. The van der Waals surface area contributed by atoms with Crippen molar-refractivity contribution in [1.82, 2.24) is 10.2 Å². The largest absolute Gasteiger partial charge is 0.313 e. The first-order valence-electron chi connectivity index (χ1n) is 7.21. The summed E-state index contributed by atoms with van der Waals surface area (Å²) in [6.45, 7) is 10.7. The molecular weight excluding hydrogens is 196 g/mol. The minimum Gasteiger partial charge on any atom is -0.313 e. The van der Waals surface area contributed by atoms with Crippen LogP contribution in [0.15, 0.2) is 0 Å². The van der Waals surface area contributed by atoms with Gasteiger partial charge in [-0.3, -0.25) is 4.90 Å². The molecule has 0 aliphatic carbocycles. The summed E-state index contributed by atoms with van der Waals surface area (Å²) >= 11 is 0. The third-order valence-electron chi connectivity index (χ3n) is 3.65. The predicted molar refractivity (Wildman–Crippen MR) is 71.9 cm³/mol. The standard InChI is InChI=1S/C14H30N2/c1-4-5-8-11-16(13(2)3)12-14-9-6-7-10-15-14/h13-15H,4-12H2,1-3H3. The molecule has 0 saturated carbocycles. The van der Waals surface area contributed by atoms with Gasteiger partial charge in [-0.2, -0.15) is 0 Å². The van der Waals surface area contributed by atoms with Gasteiger partial charge in [-0.25, -0.2) is 0 Å². The van der Waals surface area contributed by atoms with Crippen molar-refractivity contribution in [2.75, 3.05) is 19.6 Å².